The van der Waals surface area contributed by atoms with E-state index < -0.39 is 21.9 Å². The monoisotopic (exact) mass is 452 g/mol. The van der Waals surface area contributed by atoms with Gasteiger partial charge in [0.2, 0.25) is 0 Å². The van der Waals surface area contributed by atoms with Crippen LogP contribution in [-0.2, 0) is 21.3 Å². The van der Waals surface area contributed by atoms with Crippen molar-refractivity contribution in [2.45, 2.75) is 18.4 Å². The van der Waals surface area contributed by atoms with Crippen molar-refractivity contribution in [3.05, 3.63) is 95.6 Å². The highest BCUT2D eigenvalue weighted by atomic mass is 32.2. The third kappa shape index (κ3) is 5.15. The second-order valence-corrected chi connectivity index (χ2v) is 8.77. The molecule has 3 aromatic carbocycles. The molecule has 0 radical (unpaired) electrons. The second-order valence-electron chi connectivity index (χ2n) is 6.90. The van der Waals surface area contributed by atoms with Crippen molar-refractivity contribution in [3.63, 3.8) is 0 Å². The van der Waals surface area contributed by atoms with Gasteiger partial charge in [-0.2, -0.15) is 0 Å². The zero-order valence-electron chi connectivity index (χ0n) is 17.8. The Morgan fingerprint density at radius 2 is 1.59 bits per heavy atom. The van der Waals surface area contributed by atoms with Crippen LogP contribution in [0.5, 0.6) is 0 Å². The molecule has 0 saturated carbocycles. The lowest BCUT2D eigenvalue weighted by molar-refractivity contribution is 0.0600. The average molecular weight is 453 g/mol. The van der Waals surface area contributed by atoms with Gasteiger partial charge in [0.15, 0.2) is 0 Å². The summed E-state index contributed by atoms with van der Waals surface area (Å²) in [6, 6.07) is 21.4. The molecular weight excluding hydrogens is 428 g/mol. The van der Waals surface area contributed by atoms with E-state index in [1.807, 2.05) is 6.07 Å². The molecule has 1 amide bonds. The molecule has 32 heavy (non-hydrogen) atoms. The van der Waals surface area contributed by atoms with Crippen molar-refractivity contribution in [1.82, 2.24) is 5.32 Å². The van der Waals surface area contributed by atoms with E-state index in [-0.39, 0.29) is 23.5 Å². The summed E-state index contributed by atoms with van der Waals surface area (Å²) < 4.78 is 32.3. The van der Waals surface area contributed by atoms with E-state index in [2.05, 4.69) is 10.1 Å². The van der Waals surface area contributed by atoms with Gasteiger partial charge in [0.1, 0.15) is 0 Å². The Hall–Kier alpha value is -3.65. The third-order valence-corrected chi connectivity index (χ3v) is 6.74. The normalized spacial score (nSPS) is 10.9. The van der Waals surface area contributed by atoms with Crippen molar-refractivity contribution in [2.24, 2.45) is 0 Å². The molecule has 0 saturated heterocycles. The van der Waals surface area contributed by atoms with Gasteiger partial charge in [-0.15, -0.1) is 0 Å². The number of carbonyl (C=O) groups is 2. The summed E-state index contributed by atoms with van der Waals surface area (Å²) in [4.78, 5) is 24.2. The minimum absolute atomic E-state index is 0.0401. The highest BCUT2D eigenvalue weighted by Crippen LogP contribution is 2.23. The highest BCUT2D eigenvalue weighted by Gasteiger charge is 2.24. The molecule has 0 bridgehead atoms. The first-order valence-corrected chi connectivity index (χ1v) is 11.4. The van der Waals surface area contributed by atoms with Crippen LogP contribution in [0.15, 0.2) is 83.8 Å². The first-order valence-electron chi connectivity index (χ1n) is 10.00. The Labute approximate surface area is 187 Å². The molecule has 0 atom stereocenters. The predicted octanol–water partition coefficient (Wildman–Crippen LogP) is 3.62. The molecule has 0 fully saturated rings. The molecular formula is C24H24N2O5S. The van der Waals surface area contributed by atoms with Crippen LogP contribution in [0, 0.1) is 0 Å². The maximum Gasteiger partial charge on any atom is 0.337 e. The number of ether oxygens (including phenoxy) is 1. The van der Waals surface area contributed by atoms with Gasteiger partial charge in [-0.25, -0.2) is 13.2 Å². The van der Waals surface area contributed by atoms with Crippen LogP contribution in [-0.4, -0.2) is 33.9 Å². The number of hydrogen-bond donors (Lipinski definition) is 1. The lowest BCUT2D eigenvalue weighted by Crippen LogP contribution is -2.31. The van der Waals surface area contributed by atoms with Crippen LogP contribution >= 0.6 is 0 Å². The van der Waals surface area contributed by atoms with Crippen LogP contribution in [0.3, 0.4) is 0 Å². The molecule has 0 spiro atoms. The van der Waals surface area contributed by atoms with E-state index in [0.717, 1.165) is 5.56 Å². The molecule has 3 aromatic rings. The molecule has 7 nitrogen and oxygen atoms in total. The fourth-order valence-electron chi connectivity index (χ4n) is 3.17. The molecule has 0 aromatic heterocycles. The van der Waals surface area contributed by atoms with Gasteiger partial charge in [0.05, 0.1) is 23.3 Å². The van der Waals surface area contributed by atoms with Crippen molar-refractivity contribution in [3.8, 4) is 0 Å². The van der Waals surface area contributed by atoms with E-state index in [0.29, 0.717) is 11.3 Å². The summed E-state index contributed by atoms with van der Waals surface area (Å²) in [6.45, 7) is 2.24. The van der Waals surface area contributed by atoms with Gasteiger partial charge < -0.3 is 10.1 Å². The number of amides is 1. The van der Waals surface area contributed by atoms with Crippen molar-refractivity contribution in [2.75, 3.05) is 18.0 Å². The summed E-state index contributed by atoms with van der Waals surface area (Å²) in [5.74, 6) is -0.836. The quantitative estimate of drug-likeness (QED) is 0.527. The summed E-state index contributed by atoms with van der Waals surface area (Å²) in [7, 11) is -2.52. The Kier molecular flexibility index (Phi) is 7.27. The summed E-state index contributed by atoms with van der Waals surface area (Å²) in [5, 5.41) is 2.77. The molecule has 166 valence electrons. The number of anilines is 1. The Morgan fingerprint density at radius 1 is 0.906 bits per heavy atom. The summed E-state index contributed by atoms with van der Waals surface area (Å²) in [6.07, 6.45) is 0. The average Bonchev–Trinajstić information content (AvgIpc) is 2.83. The zero-order chi connectivity index (χ0) is 23.1. The largest absolute Gasteiger partial charge is 0.465 e. The molecule has 0 aliphatic rings. The third-order valence-electron chi connectivity index (χ3n) is 4.84. The lowest BCUT2D eigenvalue weighted by atomic mass is 10.1. The number of carbonyl (C=O) groups excluding carboxylic acids is 2. The van der Waals surface area contributed by atoms with Gasteiger partial charge in [-0.1, -0.05) is 36.4 Å². The minimum atomic E-state index is -3.83. The molecule has 0 aliphatic carbocycles. The molecule has 1 N–H and O–H groups in total. The summed E-state index contributed by atoms with van der Waals surface area (Å²) >= 11 is 0. The van der Waals surface area contributed by atoms with Crippen LogP contribution in [0.1, 0.15) is 33.2 Å². The fourth-order valence-corrected chi connectivity index (χ4v) is 4.69. The number of benzene rings is 3. The number of rotatable bonds is 8. The number of para-hydroxylation sites is 1. The van der Waals surface area contributed by atoms with Gasteiger partial charge in [0, 0.05) is 18.7 Å². The Balaban J connectivity index is 1.75. The lowest BCUT2D eigenvalue weighted by Gasteiger charge is -2.23. The van der Waals surface area contributed by atoms with Crippen LogP contribution in [0.2, 0.25) is 0 Å². The second kappa shape index (κ2) is 10.1. The molecule has 0 aliphatic heterocycles. The minimum Gasteiger partial charge on any atom is -0.465 e. The first-order chi connectivity index (χ1) is 15.4. The standard InChI is InChI=1S/C24H24N2O5S/c1-3-26(21-9-5-4-6-10-21)32(29,30)22-11-7-8-20(16-22)23(27)25-17-18-12-14-19(15-13-18)24(28)31-2/h4-16H,3,17H2,1-2H3,(H,25,27). The van der Waals surface area contributed by atoms with Gasteiger partial charge >= 0.3 is 5.97 Å². The van der Waals surface area contributed by atoms with Crippen LogP contribution in [0.25, 0.3) is 0 Å². The summed E-state index contributed by atoms with van der Waals surface area (Å²) in [5.41, 5.74) is 2.00. The van der Waals surface area contributed by atoms with Crippen molar-refractivity contribution >= 4 is 27.6 Å². The van der Waals surface area contributed by atoms with Gasteiger partial charge in [-0.05, 0) is 55.0 Å². The Morgan fingerprint density at radius 3 is 2.22 bits per heavy atom. The smallest absolute Gasteiger partial charge is 0.337 e. The number of methoxy groups -OCH3 is 1. The number of hydrogen-bond acceptors (Lipinski definition) is 5. The van der Waals surface area contributed by atoms with E-state index in [4.69, 9.17) is 0 Å². The van der Waals surface area contributed by atoms with Crippen molar-refractivity contribution < 1.29 is 22.7 Å². The van der Waals surface area contributed by atoms with E-state index in [9.17, 15) is 18.0 Å². The number of sulfonamides is 1. The van der Waals surface area contributed by atoms with E-state index in [1.165, 1.54) is 23.5 Å². The SMILES string of the molecule is CCN(c1ccccc1)S(=O)(=O)c1cccc(C(=O)NCc2ccc(C(=O)OC)cc2)c1. The highest BCUT2D eigenvalue weighted by molar-refractivity contribution is 7.92. The Bertz CT molecular complexity index is 1190. The topological polar surface area (TPSA) is 92.8 Å². The number of esters is 1. The van der Waals surface area contributed by atoms with E-state index >= 15 is 0 Å². The van der Waals surface area contributed by atoms with Gasteiger partial charge in [0.25, 0.3) is 15.9 Å². The number of nitrogens with one attached hydrogen (secondary N) is 1. The van der Waals surface area contributed by atoms with Crippen LogP contribution < -0.4 is 9.62 Å². The molecule has 3 rings (SSSR count). The van der Waals surface area contributed by atoms with Gasteiger partial charge in [-0.3, -0.25) is 9.10 Å². The fraction of sp³-hybridized carbons (Fsp3) is 0.167. The predicted molar refractivity (Wildman–Crippen MR) is 122 cm³/mol. The first kappa shape index (κ1) is 23.0. The van der Waals surface area contributed by atoms with E-state index in [1.54, 1.807) is 67.6 Å². The zero-order valence-corrected chi connectivity index (χ0v) is 18.6. The maximum atomic E-state index is 13.2. The maximum absolute atomic E-state index is 13.2. The molecule has 8 heteroatoms. The van der Waals surface area contributed by atoms with Crippen LogP contribution in [0.4, 0.5) is 5.69 Å². The van der Waals surface area contributed by atoms with Crippen molar-refractivity contribution in [1.29, 1.82) is 0 Å². The molecule has 0 unspecified atom stereocenters. The molecule has 0 heterocycles. The number of nitrogens with zero attached hydrogens (tertiary/aromatic N) is 1.